The third-order valence-corrected chi connectivity index (χ3v) is 1.24. The molecular formula is C8H8NOV-. The molecule has 1 N–H and O–H groups in total. The number of aldehydes is 1. The van der Waals surface area contributed by atoms with Gasteiger partial charge in [0.1, 0.15) is 0 Å². The van der Waals surface area contributed by atoms with E-state index in [9.17, 15) is 4.79 Å². The van der Waals surface area contributed by atoms with Crippen molar-refractivity contribution >= 4 is 12.0 Å². The van der Waals surface area contributed by atoms with E-state index in [4.69, 9.17) is 0 Å². The number of nitrogens with one attached hydrogen (secondary N) is 1. The van der Waals surface area contributed by atoms with Gasteiger partial charge in [0, 0.05) is 25.6 Å². The van der Waals surface area contributed by atoms with Gasteiger partial charge in [0.2, 0.25) is 0 Å². The van der Waals surface area contributed by atoms with Crippen LogP contribution in [0.2, 0.25) is 0 Å². The van der Waals surface area contributed by atoms with Gasteiger partial charge < -0.3 is 10.1 Å². The summed E-state index contributed by atoms with van der Waals surface area (Å²) in [5, 5.41) is 2.91. The normalized spacial score (nSPS) is 8.09. The first-order valence-electron chi connectivity index (χ1n) is 3.01. The Labute approximate surface area is 77.9 Å². The minimum Gasteiger partial charge on any atom is -0.410 e. The Hall–Kier alpha value is -0.726. The zero-order valence-corrected chi connectivity index (χ0v) is 7.56. The molecule has 2 nitrogen and oxygen atoms in total. The van der Waals surface area contributed by atoms with Crippen molar-refractivity contribution in [1.29, 1.82) is 0 Å². The van der Waals surface area contributed by atoms with Crippen molar-refractivity contribution in [3.8, 4) is 0 Å². The largest absolute Gasteiger partial charge is 0.410 e. The fourth-order valence-electron chi connectivity index (χ4n) is 0.666. The van der Waals surface area contributed by atoms with Gasteiger partial charge in [-0.15, -0.1) is 6.07 Å². The molecule has 0 aliphatic rings. The third-order valence-electron chi connectivity index (χ3n) is 1.24. The molecule has 11 heavy (non-hydrogen) atoms. The van der Waals surface area contributed by atoms with E-state index in [1.165, 1.54) is 0 Å². The average Bonchev–Trinajstić information content (AvgIpc) is 2.05. The van der Waals surface area contributed by atoms with E-state index < -0.39 is 0 Å². The SMILES string of the molecule is CNc1[c-]cc(C=O)cc1.[V]. The molecule has 0 saturated carbocycles. The summed E-state index contributed by atoms with van der Waals surface area (Å²) in [7, 11) is 1.81. The van der Waals surface area contributed by atoms with E-state index in [2.05, 4.69) is 11.4 Å². The second-order valence-electron chi connectivity index (χ2n) is 1.90. The summed E-state index contributed by atoms with van der Waals surface area (Å²) in [6, 6.07) is 8.10. The quantitative estimate of drug-likeness (QED) is 0.556. The smallest absolute Gasteiger partial charge is 0.0950 e. The Morgan fingerprint density at radius 3 is 2.64 bits per heavy atom. The summed E-state index contributed by atoms with van der Waals surface area (Å²) in [6.07, 6.45) is 0.802. The van der Waals surface area contributed by atoms with Gasteiger partial charge in [0.05, 0.1) is 6.29 Å². The molecule has 0 fully saturated rings. The second kappa shape index (κ2) is 5.00. The summed E-state index contributed by atoms with van der Waals surface area (Å²) in [4.78, 5) is 10.2. The molecular weight excluding hydrogens is 177 g/mol. The maximum Gasteiger partial charge on any atom is 0.0950 e. The predicted octanol–water partition coefficient (Wildman–Crippen LogP) is 1.34. The molecule has 0 atom stereocenters. The monoisotopic (exact) mass is 185 g/mol. The van der Waals surface area contributed by atoms with Gasteiger partial charge in [-0.05, 0) is 0 Å². The molecule has 0 heterocycles. The van der Waals surface area contributed by atoms with E-state index in [0.717, 1.165) is 12.0 Å². The molecule has 0 spiro atoms. The van der Waals surface area contributed by atoms with Gasteiger partial charge in [0.25, 0.3) is 0 Å². The van der Waals surface area contributed by atoms with Gasteiger partial charge in [0.15, 0.2) is 0 Å². The first kappa shape index (κ1) is 10.3. The number of anilines is 1. The molecule has 1 aromatic carbocycles. The predicted molar refractivity (Wildman–Crippen MR) is 40.2 cm³/mol. The Bertz CT molecular complexity index is 220. The number of benzene rings is 1. The minimum absolute atomic E-state index is 0. The third kappa shape index (κ3) is 2.79. The van der Waals surface area contributed by atoms with Crippen molar-refractivity contribution in [1.82, 2.24) is 0 Å². The van der Waals surface area contributed by atoms with Crippen LogP contribution in [0.3, 0.4) is 0 Å². The van der Waals surface area contributed by atoms with Crippen LogP contribution in [-0.2, 0) is 18.6 Å². The molecule has 57 valence electrons. The van der Waals surface area contributed by atoms with Crippen LogP contribution >= 0.6 is 0 Å². The van der Waals surface area contributed by atoms with E-state index in [1.807, 2.05) is 13.1 Å². The fourth-order valence-corrected chi connectivity index (χ4v) is 0.666. The molecule has 0 saturated heterocycles. The van der Waals surface area contributed by atoms with Gasteiger partial charge in [-0.3, -0.25) is 0 Å². The average molecular weight is 185 g/mol. The molecule has 0 unspecified atom stereocenters. The Morgan fingerprint density at radius 1 is 1.55 bits per heavy atom. The summed E-state index contributed by atoms with van der Waals surface area (Å²) < 4.78 is 0. The van der Waals surface area contributed by atoms with E-state index in [0.29, 0.717) is 5.56 Å². The van der Waals surface area contributed by atoms with Crippen LogP contribution in [0.25, 0.3) is 0 Å². The van der Waals surface area contributed by atoms with Crippen molar-refractivity contribution in [2.24, 2.45) is 0 Å². The number of carbonyl (C=O) groups is 1. The maximum absolute atomic E-state index is 10.2. The minimum atomic E-state index is 0. The van der Waals surface area contributed by atoms with Gasteiger partial charge in [-0.25, -0.2) is 0 Å². The van der Waals surface area contributed by atoms with E-state index in [-0.39, 0.29) is 18.6 Å². The summed E-state index contributed by atoms with van der Waals surface area (Å²) >= 11 is 0. The molecule has 0 aliphatic carbocycles. The molecule has 0 aromatic heterocycles. The van der Waals surface area contributed by atoms with Crippen LogP contribution in [0, 0.1) is 6.07 Å². The van der Waals surface area contributed by atoms with Crippen LogP contribution in [0.15, 0.2) is 18.2 Å². The number of carbonyl (C=O) groups excluding carboxylic acids is 1. The maximum atomic E-state index is 10.2. The molecule has 0 amide bonds. The van der Waals surface area contributed by atoms with Crippen molar-refractivity contribution in [3.05, 3.63) is 29.8 Å². The number of rotatable bonds is 2. The second-order valence-corrected chi connectivity index (χ2v) is 1.90. The molecule has 0 bridgehead atoms. The van der Waals surface area contributed by atoms with E-state index >= 15 is 0 Å². The standard InChI is InChI=1S/C8H8NO.V/c1-9-8-4-2-7(6-10)3-5-8;/h2-4,6,9H,1H3;/q-1;. The summed E-state index contributed by atoms with van der Waals surface area (Å²) in [6.45, 7) is 0. The summed E-state index contributed by atoms with van der Waals surface area (Å²) in [5.74, 6) is 0. The molecule has 1 rings (SSSR count). The van der Waals surface area contributed by atoms with Crippen LogP contribution < -0.4 is 5.32 Å². The molecule has 1 radical (unpaired) electrons. The van der Waals surface area contributed by atoms with Crippen molar-refractivity contribution in [2.75, 3.05) is 12.4 Å². The molecule has 3 heteroatoms. The Balaban J connectivity index is 0.000001000. The topological polar surface area (TPSA) is 29.1 Å². The van der Waals surface area contributed by atoms with Crippen molar-refractivity contribution in [3.63, 3.8) is 0 Å². The first-order valence-corrected chi connectivity index (χ1v) is 3.01. The Morgan fingerprint density at radius 2 is 2.27 bits per heavy atom. The van der Waals surface area contributed by atoms with Gasteiger partial charge >= 0.3 is 0 Å². The summed E-state index contributed by atoms with van der Waals surface area (Å²) in [5.41, 5.74) is 1.55. The molecule has 1 aromatic rings. The van der Waals surface area contributed by atoms with Crippen LogP contribution in [0.4, 0.5) is 5.69 Å². The van der Waals surface area contributed by atoms with Crippen LogP contribution in [0.5, 0.6) is 0 Å². The van der Waals surface area contributed by atoms with E-state index in [1.54, 1.807) is 12.1 Å². The number of hydrogen-bond acceptors (Lipinski definition) is 2. The van der Waals surface area contributed by atoms with Crippen LogP contribution in [-0.4, -0.2) is 13.3 Å². The Kier molecular flexibility index (Phi) is 4.67. The molecule has 0 aliphatic heterocycles. The zero-order chi connectivity index (χ0) is 7.40. The van der Waals surface area contributed by atoms with Gasteiger partial charge in [-0.1, -0.05) is 11.3 Å². The van der Waals surface area contributed by atoms with Crippen molar-refractivity contribution in [2.45, 2.75) is 0 Å². The van der Waals surface area contributed by atoms with Crippen molar-refractivity contribution < 1.29 is 23.4 Å². The zero-order valence-electron chi connectivity index (χ0n) is 6.16. The van der Waals surface area contributed by atoms with Crippen LogP contribution in [0.1, 0.15) is 10.4 Å². The number of hydrogen-bond donors (Lipinski definition) is 1. The van der Waals surface area contributed by atoms with Gasteiger partial charge in [-0.2, -0.15) is 18.2 Å². The first-order chi connectivity index (χ1) is 4.86. The fraction of sp³-hybridized carbons (Fsp3) is 0.125.